The molecule has 3 aromatic carbocycles. The van der Waals surface area contributed by atoms with Gasteiger partial charge in [-0.25, -0.2) is 14.4 Å². The fourth-order valence-corrected chi connectivity index (χ4v) is 4.63. The molecule has 17 heteroatoms. The van der Waals surface area contributed by atoms with Gasteiger partial charge in [0.25, 0.3) is 5.91 Å². The highest BCUT2D eigenvalue weighted by Gasteiger charge is 2.45. The van der Waals surface area contributed by atoms with Gasteiger partial charge in [-0.05, 0) is 85.6 Å². The first kappa shape index (κ1) is 45.5. The van der Waals surface area contributed by atoms with Crippen molar-refractivity contribution in [2.24, 2.45) is 26.1 Å². The van der Waals surface area contributed by atoms with E-state index < -0.39 is 41.5 Å². The van der Waals surface area contributed by atoms with Crippen LogP contribution in [-0.2, 0) is 19.9 Å². The molecule has 0 aliphatic heterocycles. The summed E-state index contributed by atoms with van der Waals surface area (Å²) in [5.41, 5.74) is 5.78. The first-order valence-electron chi connectivity index (χ1n) is 16.7. The number of alkyl halides is 3. The number of anilines is 2. The summed E-state index contributed by atoms with van der Waals surface area (Å²) in [6, 6.07) is 17.3. The molecule has 3 amide bonds. The Labute approximate surface area is 322 Å². The maximum atomic E-state index is 15.0. The minimum Gasteiger partial charge on any atom is -0.454 e. The fraction of sp³-hybridized carbons (Fsp3) is 0.316. The third-order valence-corrected chi connectivity index (χ3v) is 7.76. The van der Waals surface area contributed by atoms with E-state index >= 15 is 4.39 Å². The smallest absolute Gasteiger partial charge is 0.422 e. The third kappa shape index (κ3) is 16.1. The van der Waals surface area contributed by atoms with Crippen molar-refractivity contribution in [2.45, 2.75) is 45.3 Å². The molecule has 12 nitrogen and oxygen atoms in total. The summed E-state index contributed by atoms with van der Waals surface area (Å²) in [6.45, 7) is 10.7. The van der Waals surface area contributed by atoms with E-state index in [9.17, 15) is 27.6 Å². The van der Waals surface area contributed by atoms with Crippen LogP contribution in [0.25, 0.3) is 6.08 Å². The zero-order valence-electron chi connectivity index (χ0n) is 30.9. The number of ether oxygens (including phenoxy) is 1. The van der Waals surface area contributed by atoms with Crippen molar-refractivity contribution in [1.82, 2.24) is 10.6 Å². The topological polar surface area (TPSA) is 172 Å². The number of nitrogens with one attached hydrogen (secondary N) is 4. The van der Waals surface area contributed by atoms with E-state index in [2.05, 4.69) is 60.0 Å². The molecule has 1 aliphatic carbocycles. The van der Waals surface area contributed by atoms with Crippen molar-refractivity contribution in [1.29, 1.82) is 0 Å². The molecule has 0 heterocycles. The summed E-state index contributed by atoms with van der Waals surface area (Å²) in [7, 11) is 1.50. The van der Waals surface area contributed by atoms with Crippen LogP contribution in [0.3, 0.4) is 0 Å². The number of aliphatic imine (C=N–C) groups is 3. The second kappa shape index (κ2) is 21.3. The Morgan fingerprint density at radius 3 is 2.09 bits per heavy atom. The van der Waals surface area contributed by atoms with Crippen LogP contribution in [0.15, 0.2) is 88.3 Å². The molecule has 0 atom stereocenters. The van der Waals surface area contributed by atoms with E-state index in [4.69, 9.17) is 11.6 Å². The first-order valence-corrected chi connectivity index (χ1v) is 17.1. The molecule has 6 N–H and O–H groups in total. The van der Waals surface area contributed by atoms with Gasteiger partial charge in [-0.3, -0.25) is 14.4 Å². The Hall–Kier alpha value is -5.61. The van der Waals surface area contributed by atoms with Gasteiger partial charge in [0.15, 0.2) is 6.61 Å². The van der Waals surface area contributed by atoms with Crippen LogP contribution in [0, 0.1) is 11.2 Å². The Morgan fingerprint density at radius 2 is 1.58 bits per heavy atom. The van der Waals surface area contributed by atoms with Gasteiger partial charge in [0.2, 0.25) is 18.3 Å². The third-order valence-electron chi connectivity index (χ3n) is 7.51. The average molecular weight is 789 g/mol. The number of amidine groups is 1. The van der Waals surface area contributed by atoms with Crippen LogP contribution < -0.4 is 27.0 Å². The van der Waals surface area contributed by atoms with Gasteiger partial charge in [0, 0.05) is 36.4 Å². The van der Waals surface area contributed by atoms with Gasteiger partial charge in [0.05, 0.1) is 11.1 Å². The van der Waals surface area contributed by atoms with Crippen LogP contribution in [0.1, 0.15) is 55.1 Å². The SMILES string of the molecule is C=Cc1ccc(NC=O)cc1.C=N/C(=N\C(=NC1(c2ccc(Cl)cc2)CC1)Nc1ccc(C(=O)NCC(C)(C)CNC(C)=O)c(F)c1)OCC(F)(F)F.CN. The number of guanidine groups is 1. The lowest BCUT2D eigenvalue weighted by Gasteiger charge is -2.25. The summed E-state index contributed by atoms with van der Waals surface area (Å²) in [5, 5.41) is 11.2. The van der Waals surface area contributed by atoms with E-state index in [0.29, 0.717) is 30.8 Å². The molecule has 0 aromatic heterocycles. The number of nitrogens with two attached hydrogens (primary N) is 1. The van der Waals surface area contributed by atoms with Crippen LogP contribution in [0.2, 0.25) is 5.02 Å². The quantitative estimate of drug-likeness (QED) is 0.0576. The molecule has 0 radical (unpaired) electrons. The standard InChI is InChI=1S/C28H31ClF4N6O3.C9H9NO.CH5N/c1-17(40)35-14-26(2,3)15-36-23(41)21-10-9-20(13-22(21)30)37-24(38-25(34-4)42-16-28(31,32)33)39-27(11-12-27)18-5-7-19(29)8-6-18;1-2-8-3-5-9(6-4-8)10-7-11;1-2/h5-10,13H,4,11-12,14-16H2,1-3H3,(H,35,40)(H,36,41)(H,37,39);2-7H,1H2,(H,10,11);2H2,1H3/b38-25+;;. The molecule has 0 spiro atoms. The largest absolute Gasteiger partial charge is 0.454 e. The Bertz CT molecular complexity index is 1830. The Kier molecular flexibility index (Phi) is 17.7. The van der Waals surface area contributed by atoms with Crippen molar-refractivity contribution in [3.8, 4) is 0 Å². The zero-order chi connectivity index (χ0) is 41.2. The minimum atomic E-state index is -4.64. The van der Waals surface area contributed by atoms with Gasteiger partial charge in [-0.15, -0.1) is 0 Å². The van der Waals surface area contributed by atoms with Gasteiger partial charge in [-0.1, -0.05) is 62.4 Å². The number of halogens is 5. The van der Waals surface area contributed by atoms with Gasteiger partial charge in [0.1, 0.15) is 5.82 Å². The van der Waals surface area contributed by atoms with Crippen molar-refractivity contribution in [3.05, 3.63) is 101 Å². The summed E-state index contributed by atoms with van der Waals surface area (Å²) in [6.07, 6.45) is -1.01. The van der Waals surface area contributed by atoms with Crippen LogP contribution in [0.4, 0.5) is 28.9 Å². The molecule has 1 saturated carbocycles. The van der Waals surface area contributed by atoms with Gasteiger partial charge < -0.3 is 31.7 Å². The minimum absolute atomic E-state index is 0.115. The van der Waals surface area contributed by atoms with Gasteiger partial charge >= 0.3 is 12.2 Å². The number of rotatable bonds is 12. The molecule has 55 heavy (non-hydrogen) atoms. The molecular weight excluding hydrogens is 744 g/mol. The van der Waals surface area contributed by atoms with E-state index in [1.807, 2.05) is 38.1 Å². The fourth-order valence-electron chi connectivity index (χ4n) is 4.51. The molecule has 0 saturated heterocycles. The lowest BCUT2D eigenvalue weighted by Crippen LogP contribution is -2.41. The van der Waals surface area contributed by atoms with Crippen molar-refractivity contribution in [3.63, 3.8) is 0 Å². The number of nitrogens with zero attached hydrogens (tertiary/aromatic N) is 3. The van der Waals surface area contributed by atoms with Crippen LogP contribution in [0.5, 0.6) is 0 Å². The van der Waals surface area contributed by atoms with Crippen LogP contribution >= 0.6 is 11.6 Å². The Morgan fingerprint density at radius 1 is 0.982 bits per heavy atom. The highest BCUT2D eigenvalue weighted by atomic mass is 35.5. The number of hydrogen-bond donors (Lipinski definition) is 5. The van der Waals surface area contributed by atoms with Crippen molar-refractivity contribution >= 4 is 66.0 Å². The van der Waals surface area contributed by atoms with Crippen LogP contribution in [-0.4, -0.2) is 69.8 Å². The van der Waals surface area contributed by atoms with Crippen molar-refractivity contribution < 1.29 is 36.7 Å². The second-order valence-electron chi connectivity index (χ2n) is 12.6. The molecular formula is C38H45ClF4N8O4. The summed E-state index contributed by atoms with van der Waals surface area (Å²) in [5.74, 6) is -1.95. The molecule has 0 unspecified atom stereocenters. The van der Waals surface area contributed by atoms with E-state index in [1.54, 1.807) is 30.3 Å². The Balaban J connectivity index is 0.000000682. The number of benzene rings is 3. The normalized spacial score (nSPS) is 13.3. The molecule has 0 bridgehead atoms. The maximum Gasteiger partial charge on any atom is 0.422 e. The lowest BCUT2D eigenvalue weighted by atomic mass is 9.93. The molecule has 4 rings (SSSR count). The average Bonchev–Trinajstić information content (AvgIpc) is 3.93. The second-order valence-corrected chi connectivity index (χ2v) is 13.0. The van der Waals surface area contributed by atoms with Crippen molar-refractivity contribution in [2.75, 3.05) is 37.4 Å². The number of carbonyl (C=O) groups excluding carboxylic acids is 3. The number of carbonyl (C=O) groups is 3. The van der Waals surface area contributed by atoms with E-state index in [-0.39, 0.29) is 29.7 Å². The molecule has 1 fully saturated rings. The lowest BCUT2D eigenvalue weighted by molar-refractivity contribution is -0.156. The summed E-state index contributed by atoms with van der Waals surface area (Å²) < 4.78 is 57.8. The first-order chi connectivity index (χ1) is 26.0. The molecule has 3 aromatic rings. The maximum absolute atomic E-state index is 15.0. The highest BCUT2D eigenvalue weighted by Crippen LogP contribution is 2.50. The predicted molar refractivity (Wildman–Crippen MR) is 210 cm³/mol. The number of hydrogen-bond acceptors (Lipinski definition) is 6. The summed E-state index contributed by atoms with van der Waals surface area (Å²) >= 11 is 5.99. The van der Waals surface area contributed by atoms with Gasteiger partial charge in [-0.2, -0.15) is 18.2 Å². The number of amides is 3. The highest BCUT2D eigenvalue weighted by molar-refractivity contribution is 6.30. The molecule has 1 aliphatic rings. The molecule has 296 valence electrons. The summed E-state index contributed by atoms with van der Waals surface area (Å²) in [4.78, 5) is 45.8. The van der Waals surface area contributed by atoms with E-state index in [1.165, 1.54) is 26.1 Å². The monoisotopic (exact) mass is 788 g/mol. The zero-order valence-corrected chi connectivity index (χ0v) is 31.7. The predicted octanol–water partition coefficient (Wildman–Crippen LogP) is 6.94. The van der Waals surface area contributed by atoms with E-state index in [0.717, 1.165) is 22.9 Å².